The number of carbonyl (C=O) groups is 1. The molecule has 0 unspecified atom stereocenters. The Kier molecular flexibility index (Phi) is 5.36. The van der Waals surface area contributed by atoms with Crippen LogP contribution in [0.3, 0.4) is 0 Å². The van der Waals surface area contributed by atoms with Gasteiger partial charge in [-0.25, -0.2) is 0 Å². The third-order valence-electron chi connectivity index (χ3n) is 4.79. The zero-order chi connectivity index (χ0) is 21.3. The standard InChI is InChI=1S/C19H18F3N3O4/c1-12-2-5-17(26)14(10-12)18(27)24-8-6-23(7-9-24)15-4-3-13(19(20,21)22)11-16(15)25(28)29/h2-5,10-11,26H,6-9H2,1H3. The fourth-order valence-electron chi connectivity index (χ4n) is 3.26. The molecule has 2 aromatic rings. The summed E-state index contributed by atoms with van der Waals surface area (Å²) in [4.78, 5) is 26.2. The number of alkyl halides is 3. The number of phenols is 1. The van der Waals surface area contributed by atoms with E-state index in [1.807, 2.05) is 0 Å². The lowest BCUT2D eigenvalue weighted by molar-refractivity contribution is -0.384. The smallest absolute Gasteiger partial charge is 0.416 e. The third-order valence-corrected chi connectivity index (χ3v) is 4.79. The van der Waals surface area contributed by atoms with Crippen LogP contribution in [-0.4, -0.2) is 47.0 Å². The van der Waals surface area contributed by atoms with E-state index in [-0.39, 0.29) is 49.1 Å². The Balaban J connectivity index is 1.78. The van der Waals surface area contributed by atoms with E-state index < -0.39 is 22.4 Å². The van der Waals surface area contributed by atoms with E-state index in [1.165, 1.54) is 11.0 Å². The van der Waals surface area contributed by atoms with Crippen LogP contribution in [0.2, 0.25) is 0 Å². The van der Waals surface area contributed by atoms with Crippen LogP contribution in [0.15, 0.2) is 36.4 Å². The van der Waals surface area contributed by atoms with Gasteiger partial charge in [-0.1, -0.05) is 11.6 Å². The second-order valence-corrected chi connectivity index (χ2v) is 6.76. The highest BCUT2D eigenvalue weighted by molar-refractivity contribution is 5.97. The Morgan fingerprint density at radius 3 is 2.34 bits per heavy atom. The number of nitro groups is 1. The molecule has 0 spiro atoms. The number of phenolic OH excluding ortho intramolecular Hbond substituents is 1. The van der Waals surface area contributed by atoms with Gasteiger partial charge in [-0.3, -0.25) is 14.9 Å². The summed E-state index contributed by atoms with van der Waals surface area (Å²) in [5.74, 6) is -0.505. The molecular weight excluding hydrogens is 391 g/mol. The molecule has 1 saturated heterocycles. The number of piperazine rings is 1. The first-order chi connectivity index (χ1) is 13.6. The summed E-state index contributed by atoms with van der Waals surface area (Å²) < 4.78 is 38.6. The first-order valence-corrected chi connectivity index (χ1v) is 8.77. The van der Waals surface area contributed by atoms with E-state index in [1.54, 1.807) is 24.0 Å². The maximum Gasteiger partial charge on any atom is 0.416 e. The van der Waals surface area contributed by atoms with E-state index in [2.05, 4.69) is 0 Å². The molecule has 2 aromatic carbocycles. The van der Waals surface area contributed by atoms with Crippen molar-refractivity contribution in [1.82, 2.24) is 4.90 Å². The van der Waals surface area contributed by atoms with Crippen LogP contribution in [0.5, 0.6) is 5.75 Å². The molecule has 0 bridgehead atoms. The van der Waals surface area contributed by atoms with Crippen LogP contribution in [0.4, 0.5) is 24.5 Å². The van der Waals surface area contributed by atoms with Crippen molar-refractivity contribution >= 4 is 17.3 Å². The Morgan fingerprint density at radius 1 is 1.10 bits per heavy atom. The number of anilines is 1. The Hall–Kier alpha value is -3.30. The van der Waals surface area contributed by atoms with Crippen LogP contribution >= 0.6 is 0 Å². The van der Waals surface area contributed by atoms with E-state index in [0.29, 0.717) is 6.07 Å². The van der Waals surface area contributed by atoms with Gasteiger partial charge in [-0.15, -0.1) is 0 Å². The maximum atomic E-state index is 12.9. The summed E-state index contributed by atoms with van der Waals surface area (Å²) in [6, 6.07) is 7.11. The van der Waals surface area contributed by atoms with Crippen molar-refractivity contribution < 1.29 is 28.0 Å². The molecule has 7 nitrogen and oxygen atoms in total. The maximum absolute atomic E-state index is 12.9. The molecule has 29 heavy (non-hydrogen) atoms. The normalized spacial score (nSPS) is 14.8. The van der Waals surface area contributed by atoms with Gasteiger partial charge in [0.25, 0.3) is 11.6 Å². The zero-order valence-electron chi connectivity index (χ0n) is 15.4. The number of nitrogens with zero attached hydrogens (tertiary/aromatic N) is 3. The molecule has 1 heterocycles. The topological polar surface area (TPSA) is 86.9 Å². The van der Waals surface area contributed by atoms with Crippen LogP contribution in [0, 0.1) is 17.0 Å². The van der Waals surface area contributed by atoms with Gasteiger partial charge in [0.1, 0.15) is 11.4 Å². The fourth-order valence-corrected chi connectivity index (χ4v) is 3.26. The summed E-state index contributed by atoms with van der Waals surface area (Å²) in [5, 5.41) is 21.2. The number of nitro benzene ring substituents is 1. The molecule has 1 aliphatic rings. The molecule has 1 fully saturated rings. The fraction of sp³-hybridized carbons (Fsp3) is 0.316. The number of hydrogen-bond acceptors (Lipinski definition) is 5. The number of carbonyl (C=O) groups excluding carboxylic acids is 1. The van der Waals surface area contributed by atoms with E-state index in [4.69, 9.17) is 0 Å². The third kappa shape index (κ3) is 4.25. The van der Waals surface area contributed by atoms with Crippen molar-refractivity contribution in [3.63, 3.8) is 0 Å². The second kappa shape index (κ2) is 7.61. The Bertz CT molecular complexity index is 954. The van der Waals surface area contributed by atoms with Gasteiger partial charge in [0.15, 0.2) is 0 Å². The average Bonchev–Trinajstić information content (AvgIpc) is 2.68. The number of rotatable bonds is 3. The summed E-state index contributed by atoms with van der Waals surface area (Å²) in [6.07, 6.45) is -4.68. The van der Waals surface area contributed by atoms with Crippen molar-refractivity contribution in [3.8, 4) is 5.75 Å². The highest BCUT2D eigenvalue weighted by Gasteiger charge is 2.34. The Morgan fingerprint density at radius 2 is 1.76 bits per heavy atom. The number of halogens is 3. The molecule has 1 N–H and O–H groups in total. The molecule has 0 aliphatic carbocycles. The largest absolute Gasteiger partial charge is 0.507 e. The summed E-state index contributed by atoms with van der Waals surface area (Å²) in [6.45, 7) is 2.64. The van der Waals surface area contributed by atoms with Crippen molar-refractivity contribution in [2.45, 2.75) is 13.1 Å². The van der Waals surface area contributed by atoms with Gasteiger partial charge in [-0.05, 0) is 31.2 Å². The highest BCUT2D eigenvalue weighted by Crippen LogP contribution is 2.37. The molecule has 154 valence electrons. The summed E-state index contributed by atoms with van der Waals surface area (Å²) in [7, 11) is 0. The van der Waals surface area contributed by atoms with Gasteiger partial charge in [-0.2, -0.15) is 13.2 Å². The second-order valence-electron chi connectivity index (χ2n) is 6.76. The molecule has 0 aromatic heterocycles. The van der Waals surface area contributed by atoms with Gasteiger partial charge < -0.3 is 14.9 Å². The minimum absolute atomic E-state index is 0.0773. The van der Waals surface area contributed by atoms with Gasteiger partial charge >= 0.3 is 6.18 Å². The molecule has 1 aliphatic heterocycles. The zero-order valence-corrected chi connectivity index (χ0v) is 15.4. The molecular formula is C19H18F3N3O4. The van der Waals surface area contributed by atoms with E-state index in [9.17, 15) is 33.2 Å². The van der Waals surface area contributed by atoms with E-state index in [0.717, 1.165) is 17.7 Å². The van der Waals surface area contributed by atoms with Crippen LogP contribution < -0.4 is 4.90 Å². The number of aryl methyl sites for hydroxylation is 1. The number of aromatic hydroxyl groups is 1. The van der Waals surface area contributed by atoms with E-state index >= 15 is 0 Å². The molecule has 10 heteroatoms. The monoisotopic (exact) mass is 409 g/mol. The van der Waals surface area contributed by atoms with Gasteiger partial charge in [0.2, 0.25) is 0 Å². The minimum atomic E-state index is -4.68. The minimum Gasteiger partial charge on any atom is -0.507 e. The first-order valence-electron chi connectivity index (χ1n) is 8.77. The van der Waals surface area contributed by atoms with Crippen molar-refractivity contribution in [2.75, 3.05) is 31.1 Å². The van der Waals surface area contributed by atoms with Crippen molar-refractivity contribution in [1.29, 1.82) is 0 Å². The van der Waals surface area contributed by atoms with Crippen LogP contribution in [0.25, 0.3) is 0 Å². The number of benzene rings is 2. The number of hydrogen-bond donors (Lipinski definition) is 1. The van der Waals surface area contributed by atoms with Crippen molar-refractivity contribution in [3.05, 3.63) is 63.2 Å². The van der Waals surface area contributed by atoms with Crippen LogP contribution in [0.1, 0.15) is 21.5 Å². The predicted molar refractivity (Wildman–Crippen MR) is 99.1 cm³/mol. The lowest BCUT2D eigenvalue weighted by atomic mass is 10.1. The molecule has 0 saturated carbocycles. The average molecular weight is 409 g/mol. The molecule has 0 atom stereocenters. The summed E-state index contributed by atoms with van der Waals surface area (Å²) >= 11 is 0. The SMILES string of the molecule is Cc1ccc(O)c(C(=O)N2CCN(c3ccc(C(F)(F)F)cc3[N+](=O)[O-])CC2)c1. The molecule has 1 amide bonds. The lowest BCUT2D eigenvalue weighted by Gasteiger charge is -2.36. The van der Waals surface area contributed by atoms with Crippen LogP contribution in [-0.2, 0) is 6.18 Å². The molecule has 3 rings (SSSR count). The van der Waals surface area contributed by atoms with Gasteiger partial charge in [0, 0.05) is 32.2 Å². The van der Waals surface area contributed by atoms with Crippen molar-refractivity contribution in [2.24, 2.45) is 0 Å². The van der Waals surface area contributed by atoms with Gasteiger partial charge in [0.05, 0.1) is 16.1 Å². The first kappa shape index (κ1) is 20.4. The summed E-state index contributed by atoms with van der Waals surface area (Å²) in [5.41, 5.74) is -0.662. The highest BCUT2D eigenvalue weighted by atomic mass is 19.4. The lowest BCUT2D eigenvalue weighted by Crippen LogP contribution is -2.49. The quantitative estimate of drug-likeness (QED) is 0.619. The Labute approximate surface area is 164 Å². The number of amides is 1. The predicted octanol–water partition coefficient (Wildman–Crippen LogP) is 3.59. The molecule has 0 radical (unpaired) electrons.